The van der Waals surface area contributed by atoms with E-state index in [9.17, 15) is 23.2 Å². The van der Waals surface area contributed by atoms with E-state index in [0.717, 1.165) is 11.0 Å². The lowest BCUT2D eigenvalue weighted by molar-refractivity contribution is -0.134. The van der Waals surface area contributed by atoms with Crippen LogP contribution in [0.2, 0.25) is 5.02 Å². The van der Waals surface area contributed by atoms with Crippen molar-refractivity contribution in [3.05, 3.63) is 69.9 Å². The Morgan fingerprint density at radius 2 is 1.94 bits per heavy atom. The SMILES string of the molecule is CCOC(=O)c1[nH]c2cc(Cl)ccc2c1C(C(=O)NC(C)(C)C)N(C=O)Cc1cccc(F)c1F. The van der Waals surface area contributed by atoms with E-state index in [1.807, 2.05) is 0 Å². The summed E-state index contributed by atoms with van der Waals surface area (Å²) in [6.45, 7) is 6.52. The van der Waals surface area contributed by atoms with Gasteiger partial charge in [0.2, 0.25) is 12.3 Å². The van der Waals surface area contributed by atoms with E-state index in [2.05, 4.69) is 10.3 Å². The Kier molecular flexibility index (Phi) is 7.80. The first-order valence-corrected chi connectivity index (χ1v) is 11.3. The number of carbonyl (C=O) groups excluding carboxylic acids is 3. The number of nitrogens with one attached hydrogen (secondary N) is 2. The number of aromatic amines is 1. The van der Waals surface area contributed by atoms with Crippen molar-refractivity contribution in [1.82, 2.24) is 15.2 Å². The fraction of sp³-hybridized carbons (Fsp3) is 0.320. The molecular weight excluding hydrogens is 480 g/mol. The number of H-pyrrole nitrogens is 1. The van der Waals surface area contributed by atoms with Crippen molar-refractivity contribution in [2.24, 2.45) is 0 Å². The first kappa shape index (κ1) is 26.2. The first-order valence-electron chi connectivity index (χ1n) is 10.9. The molecule has 35 heavy (non-hydrogen) atoms. The molecule has 3 aromatic rings. The van der Waals surface area contributed by atoms with Gasteiger partial charge in [-0.25, -0.2) is 13.6 Å². The van der Waals surface area contributed by atoms with Gasteiger partial charge in [-0.2, -0.15) is 0 Å². The number of fused-ring (bicyclic) bond motifs is 1. The van der Waals surface area contributed by atoms with E-state index in [1.54, 1.807) is 45.9 Å². The summed E-state index contributed by atoms with van der Waals surface area (Å²) in [5, 5.41) is 3.63. The number of rotatable bonds is 8. The van der Waals surface area contributed by atoms with Crippen LogP contribution in [0.5, 0.6) is 0 Å². The van der Waals surface area contributed by atoms with Crippen LogP contribution in [0.25, 0.3) is 10.9 Å². The summed E-state index contributed by atoms with van der Waals surface area (Å²) in [5.41, 5.74) is -0.295. The molecule has 0 spiro atoms. The van der Waals surface area contributed by atoms with Gasteiger partial charge in [-0.3, -0.25) is 9.59 Å². The van der Waals surface area contributed by atoms with Crippen molar-refractivity contribution < 1.29 is 27.9 Å². The molecule has 0 bridgehead atoms. The molecule has 0 aliphatic heterocycles. The number of hydrogen-bond acceptors (Lipinski definition) is 4. The van der Waals surface area contributed by atoms with Crippen LogP contribution in [0.15, 0.2) is 36.4 Å². The van der Waals surface area contributed by atoms with Gasteiger partial charge >= 0.3 is 5.97 Å². The smallest absolute Gasteiger partial charge is 0.355 e. The van der Waals surface area contributed by atoms with Crippen molar-refractivity contribution in [2.45, 2.75) is 45.8 Å². The molecule has 1 unspecified atom stereocenters. The van der Waals surface area contributed by atoms with Crippen LogP contribution in [0.4, 0.5) is 8.78 Å². The zero-order valence-electron chi connectivity index (χ0n) is 19.7. The quantitative estimate of drug-likeness (QED) is 0.337. The Balaban J connectivity index is 2.25. The number of halogens is 3. The van der Waals surface area contributed by atoms with Crippen molar-refractivity contribution in [2.75, 3.05) is 6.61 Å². The minimum absolute atomic E-state index is 0.0512. The number of ether oxygens (including phenoxy) is 1. The van der Waals surface area contributed by atoms with Crippen LogP contribution in [-0.2, 0) is 20.9 Å². The molecule has 186 valence electrons. The van der Waals surface area contributed by atoms with Gasteiger partial charge in [-0.15, -0.1) is 0 Å². The van der Waals surface area contributed by atoms with Crippen LogP contribution < -0.4 is 5.32 Å². The predicted octanol–water partition coefficient (Wildman–Crippen LogP) is 4.89. The molecule has 3 rings (SSSR count). The molecule has 0 saturated heterocycles. The highest BCUT2D eigenvalue weighted by molar-refractivity contribution is 6.31. The van der Waals surface area contributed by atoms with Gasteiger partial charge in [0, 0.05) is 39.1 Å². The highest BCUT2D eigenvalue weighted by Gasteiger charge is 2.36. The number of hydrogen-bond donors (Lipinski definition) is 2. The van der Waals surface area contributed by atoms with Crippen LogP contribution in [0.3, 0.4) is 0 Å². The number of aromatic nitrogens is 1. The average Bonchev–Trinajstić information content (AvgIpc) is 3.13. The van der Waals surface area contributed by atoms with Gasteiger partial charge in [0.1, 0.15) is 11.7 Å². The standard InChI is InChI=1S/C25H26ClF2N3O4/c1-5-35-24(34)21-19(16-10-9-15(26)11-18(16)29-21)22(23(33)30-25(2,3)4)31(13-32)12-14-7-6-8-17(27)20(14)28/h6-11,13,22,29H,5,12H2,1-4H3,(H,30,33). The highest BCUT2D eigenvalue weighted by Crippen LogP contribution is 2.35. The summed E-state index contributed by atoms with van der Waals surface area (Å²) in [7, 11) is 0. The monoisotopic (exact) mass is 505 g/mol. The van der Waals surface area contributed by atoms with Gasteiger partial charge in [-0.1, -0.05) is 29.8 Å². The maximum atomic E-state index is 14.5. The molecule has 0 saturated carbocycles. The Morgan fingerprint density at radius 3 is 2.57 bits per heavy atom. The Labute approximate surface area is 206 Å². The second kappa shape index (κ2) is 10.4. The minimum Gasteiger partial charge on any atom is -0.461 e. The van der Waals surface area contributed by atoms with E-state index < -0.39 is 41.6 Å². The van der Waals surface area contributed by atoms with Gasteiger partial charge in [0.05, 0.1) is 6.61 Å². The third kappa shape index (κ3) is 5.79. The Hall–Kier alpha value is -3.46. The molecule has 2 amide bonds. The predicted molar refractivity (Wildman–Crippen MR) is 128 cm³/mol. The van der Waals surface area contributed by atoms with Crippen LogP contribution in [0, 0.1) is 11.6 Å². The summed E-state index contributed by atoms with van der Waals surface area (Å²) in [4.78, 5) is 42.7. The zero-order valence-corrected chi connectivity index (χ0v) is 20.5. The van der Waals surface area contributed by atoms with E-state index in [1.165, 1.54) is 12.1 Å². The van der Waals surface area contributed by atoms with Crippen molar-refractivity contribution in [3.63, 3.8) is 0 Å². The summed E-state index contributed by atoms with van der Waals surface area (Å²) in [5.74, 6) is -3.59. The van der Waals surface area contributed by atoms with Crippen LogP contribution >= 0.6 is 11.6 Å². The lowest BCUT2D eigenvalue weighted by Crippen LogP contribution is -2.47. The number of nitrogens with zero attached hydrogens (tertiary/aromatic N) is 1. The Morgan fingerprint density at radius 1 is 1.23 bits per heavy atom. The van der Waals surface area contributed by atoms with Crippen LogP contribution in [0.1, 0.15) is 55.4 Å². The highest BCUT2D eigenvalue weighted by atomic mass is 35.5. The van der Waals surface area contributed by atoms with Gasteiger partial charge in [0.25, 0.3) is 0 Å². The van der Waals surface area contributed by atoms with E-state index in [0.29, 0.717) is 22.3 Å². The van der Waals surface area contributed by atoms with Crippen molar-refractivity contribution in [1.29, 1.82) is 0 Å². The average molecular weight is 506 g/mol. The summed E-state index contributed by atoms with van der Waals surface area (Å²) in [6, 6.07) is 6.94. The summed E-state index contributed by atoms with van der Waals surface area (Å²) >= 11 is 6.12. The first-order chi connectivity index (χ1) is 16.5. The maximum Gasteiger partial charge on any atom is 0.355 e. The fourth-order valence-electron chi connectivity index (χ4n) is 3.78. The molecular formula is C25H26ClF2N3O4. The van der Waals surface area contributed by atoms with E-state index >= 15 is 0 Å². The lowest BCUT2D eigenvalue weighted by Gasteiger charge is -2.31. The molecule has 2 N–H and O–H groups in total. The molecule has 1 atom stereocenters. The molecule has 0 radical (unpaired) electrons. The molecule has 0 fully saturated rings. The summed E-state index contributed by atoms with van der Waals surface area (Å²) < 4.78 is 33.5. The number of esters is 1. The van der Waals surface area contributed by atoms with Gasteiger partial charge < -0.3 is 19.9 Å². The third-order valence-corrected chi connectivity index (χ3v) is 5.39. The van der Waals surface area contributed by atoms with Crippen molar-refractivity contribution >= 4 is 40.8 Å². The number of carbonyl (C=O) groups is 3. The summed E-state index contributed by atoms with van der Waals surface area (Å²) in [6.07, 6.45) is 0.362. The molecule has 0 aliphatic carbocycles. The normalized spacial score (nSPS) is 12.3. The lowest BCUT2D eigenvalue weighted by atomic mass is 9.98. The maximum absolute atomic E-state index is 14.5. The van der Waals surface area contributed by atoms with E-state index in [-0.39, 0.29) is 23.4 Å². The van der Waals surface area contributed by atoms with Gasteiger partial charge in [0.15, 0.2) is 11.6 Å². The van der Waals surface area contributed by atoms with E-state index in [4.69, 9.17) is 16.3 Å². The molecule has 0 aliphatic rings. The molecule has 2 aromatic carbocycles. The molecule has 10 heteroatoms. The van der Waals surface area contributed by atoms with Crippen LogP contribution in [-0.4, -0.2) is 40.3 Å². The fourth-order valence-corrected chi connectivity index (χ4v) is 3.95. The zero-order chi connectivity index (χ0) is 25.9. The number of benzene rings is 2. The largest absolute Gasteiger partial charge is 0.461 e. The van der Waals surface area contributed by atoms with Crippen molar-refractivity contribution in [3.8, 4) is 0 Å². The molecule has 7 nitrogen and oxygen atoms in total. The third-order valence-electron chi connectivity index (χ3n) is 5.15. The second-order valence-corrected chi connectivity index (χ2v) is 9.39. The molecule has 1 aromatic heterocycles. The minimum atomic E-state index is -1.39. The number of amides is 2. The topological polar surface area (TPSA) is 91.5 Å². The Bertz CT molecular complexity index is 1270. The second-order valence-electron chi connectivity index (χ2n) is 8.96. The van der Waals surface area contributed by atoms with Gasteiger partial charge in [-0.05, 0) is 45.9 Å². The molecule has 1 heterocycles.